The van der Waals surface area contributed by atoms with Gasteiger partial charge in [-0.05, 0) is 18.6 Å². The molecule has 2 heterocycles. The minimum atomic E-state index is -0.455. The third kappa shape index (κ3) is 1.75. The highest BCUT2D eigenvalue weighted by atomic mass is 35.5. The van der Waals surface area contributed by atoms with E-state index >= 15 is 0 Å². The van der Waals surface area contributed by atoms with Crippen LogP contribution in [0.5, 0.6) is 0 Å². The van der Waals surface area contributed by atoms with E-state index in [1.165, 1.54) is 0 Å². The van der Waals surface area contributed by atoms with Gasteiger partial charge in [-0.1, -0.05) is 11.6 Å². The average molecular weight is 228 g/mol. The Bertz CT molecular complexity index is 362. The Morgan fingerprint density at radius 3 is 3.00 bits per heavy atom. The van der Waals surface area contributed by atoms with Gasteiger partial charge in [-0.25, -0.2) is 0 Å². The fourth-order valence-corrected chi connectivity index (χ4v) is 2.13. The van der Waals surface area contributed by atoms with Crippen LogP contribution in [0.1, 0.15) is 17.7 Å². The SMILES string of the molecule is COC1(c2nccc(C)c2Cl)CCOC1. The highest BCUT2D eigenvalue weighted by molar-refractivity contribution is 6.32. The lowest BCUT2D eigenvalue weighted by Gasteiger charge is -2.26. The van der Waals surface area contributed by atoms with E-state index in [4.69, 9.17) is 21.1 Å². The summed E-state index contributed by atoms with van der Waals surface area (Å²) >= 11 is 6.24. The highest BCUT2D eigenvalue weighted by Gasteiger charge is 2.40. The average Bonchev–Trinajstić information content (AvgIpc) is 2.72. The number of halogens is 1. The largest absolute Gasteiger partial charge is 0.378 e. The van der Waals surface area contributed by atoms with E-state index in [1.54, 1.807) is 13.3 Å². The van der Waals surface area contributed by atoms with E-state index in [-0.39, 0.29) is 0 Å². The molecule has 0 radical (unpaired) electrons. The van der Waals surface area contributed by atoms with Crippen molar-refractivity contribution in [3.05, 3.63) is 28.5 Å². The number of nitrogens with zero attached hydrogens (tertiary/aromatic N) is 1. The zero-order chi connectivity index (χ0) is 10.9. The van der Waals surface area contributed by atoms with Gasteiger partial charge in [-0.2, -0.15) is 0 Å². The minimum absolute atomic E-state index is 0.455. The summed E-state index contributed by atoms with van der Waals surface area (Å²) in [7, 11) is 1.68. The first kappa shape index (κ1) is 10.9. The van der Waals surface area contributed by atoms with E-state index in [0.717, 1.165) is 17.7 Å². The second-order valence-electron chi connectivity index (χ2n) is 3.79. The summed E-state index contributed by atoms with van der Waals surface area (Å²) in [4.78, 5) is 4.33. The van der Waals surface area contributed by atoms with Crippen LogP contribution in [0, 0.1) is 6.92 Å². The van der Waals surface area contributed by atoms with Crippen LogP contribution in [0.15, 0.2) is 12.3 Å². The molecule has 15 heavy (non-hydrogen) atoms. The molecule has 1 saturated heterocycles. The summed E-state index contributed by atoms with van der Waals surface area (Å²) in [6.07, 6.45) is 2.56. The van der Waals surface area contributed by atoms with Crippen molar-refractivity contribution in [2.75, 3.05) is 20.3 Å². The molecule has 3 nitrogen and oxygen atoms in total. The van der Waals surface area contributed by atoms with E-state index in [0.29, 0.717) is 18.2 Å². The first-order valence-electron chi connectivity index (χ1n) is 4.94. The van der Waals surface area contributed by atoms with Crippen molar-refractivity contribution in [2.24, 2.45) is 0 Å². The van der Waals surface area contributed by atoms with Gasteiger partial charge < -0.3 is 9.47 Å². The zero-order valence-corrected chi connectivity index (χ0v) is 9.67. The molecule has 1 atom stereocenters. The van der Waals surface area contributed by atoms with Crippen LogP contribution < -0.4 is 0 Å². The molecule has 1 unspecified atom stereocenters. The molecule has 1 fully saturated rings. The Hall–Kier alpha value is -0.640. The van der Waals surface area contributed by atoms with E-state index < -0.39 is 5.60 Å². The molecule has 0 bridgehead atoms. The maximum atomic E-state index is 6.24. The van der Waals surface area contributed by atoms with Crippen LogP contribution in [-0.4, -0.2) is 25.3 Å². The molecule has 0 amide bonds. The van der Waals surface area contributed by atoms with Gasteiger partial charge in [0.1, 0.15) is 5.60 Å². The van der Waals surface area contributed by atoms with Gasteiger partial charge in [0.2, 0.25) is 0 Å². The molecule has 1 aliphatic heterocycles. The van der Waals surface area contributed by atoms with Crippen molar-refractivity contribution in [3.8, 4) is 0 Å². The van der Waals surface area contributed by atoms with Gasteiger partial charge in [0.05, 0.1) is 17.3 Å². The quantitative estimate of drug-likeness (QED) is 0.777. The number of rotatable bonds is 2. The second kappa shape index (κ2) is 4.08. The minimum Gasteiger partial charge on any atom is -0.378 e. The Morgan fingerprint density at radius 1 is 1.60 bits per heavy atom. The Balaban J connectivity index is 2.47. The summed E-state index contributed by atoms with van der Waals surface area (Å²) in [6, 6.07) is 1.89. The van der Waals surface area contributed by atoms with Crippen LogP contribution in [0.4, 0.5) is 0 Å². The van der Waals surface area contributed by atoms with Crippen LogP contribution in [0.3, 0.4) is 0 Å². The molecule has 0 aromatic carbocycles. The highest BCUT2D eigenvalue weighted by Crippen LogP contribution is 2.37. The molecule has 2 rings (SSSR count). The molecule has 4 heteroatoms. The molecule has 1 aliphatic rings. The Labute approximate surface area is 94.4 Å². The van der Waals surface area contributed by atoms with Crippen molar-refractivity contribution in [1.82, 2.24) is 4.98 Å². The summed E-state index contributed by atoms with van der Waals surface area (Å²) in [5, 5.41) is 0.685. The lowest BCUT2D eigenvalue weighted by Crippen LogP contribution is -2.30. The standard InChI is InChI=1S/C11H14ClNO2/c1-8-3-5-13-10(9(8)12)11(14-2)4-6-15-7-11/h3,5H,4,6-7H2,1-2H3. The third-order valence-corrected chi connectivity index (χ3v) is 3.37. The number of hydrogen-bond donors (Lipinski definition) is 0. The van der Waals surface area contributed by atoms with Gasteiger partial charge in [0.25, 0.3) is 0 Å². The van der Waals surface area contributed by atoms with Crippen molar-refractivity contribution in [3.63, 3.8) is 0 Å². The van der Waals surface area contributed by atoms with Crippen LogP contribution in [-0.2, 0) is 15.1 Å². The monoisotopic (exact) mass is 227 g/mol. The number of aryl methyl sites for hydroxylation is 1. The molecule has 0 aliphatic carbocycles. The van der Waals surface area contributed by atoms with Crippen LogP contribution >= 0.6 is 11.6 Å². The fourth-order valence-electron chi connectivity index (χ4n) is 1.85. The maximum Gasteiger partial charge on any atom is 0.136 e. The van der Waals surface area contributed by atoms with Gasteiger partial charge in [-0.3, -0.25) is 4.98 Å². The summed E-state index contributed by atoms with van der Waals surface area (Å²) in [5.41, 5.74) is 1.36. The lowest BCUT2D eigenvalue weighted by atomic mass is 9.97. The van der Waals surface area contributed by atoms with Crippen molar-refractivity contribution in [2.45, 2.75) is 18.9 Å². The molecular formula is C11H14ClNO2. The van der Waals surface area contributed by atoms with Crippen LogP contribution in [0.25, 0.3) is 0 Å². The normalized spacial score (nSPS) is 25.8. The van der Waals surface area contributed by atoms with Gasteiger partial charge in [-0.15, -0.1) is 0 Å². The number of methoxy groups -OCH3 is 1. The van der Waals surface area contributed by atoms with Gasteiger partial charge in [0.15, 0.2) is 0 Å². The number of hydrogen-bond acceptors (Lipinski definition) is 3. The number of ether oxygens (including phenoxy) is 2. The fraction of sp³-hybridized carbons (Fsp3) is 0.545. The molecule has 0 spiro atoms. The van der Waals surface area contributed by atoms with Crippen molar-refractivity contribution < 1.29 is 9.47 Å². The lowest BCUT2D eigenvalue weighted by molar-refractivity contribution is -0.0245. The molecule has 0 N–H and O–H groups in total. The maximum absolute atomic E-state index is 6.24. The predicted octanol–water partition coefficient (Wildman–Crippen LogP) is 2.31. The third-order valence-electron chi connectivity index (χ3n) is 2.89. The predicted molar refractivity (Wildman–Crippen MR) is 58.1 cm³/mol. The second-order valence-corrected chi connectivity index (χ2v) is 4.17. The molecule has 82 valence electrons. The summed E-state index contributed by atoms with van der Waals surface area (Å²) in [6.45, 7) is 3.19. The number of pyridine rings is 1. The first-order valence-corrected chi connectivity index (χ1v) is 5.32. The van der Waals surface area contributed by atoms with Crippen LogP contribution in [0.2, 0.25) is 5.02 Å². The smallest absolute Gasteiger partial charge is 0.136 e. The van der Waals surface area contributed by atoms with E-state index in [2.05, 4.69) is 4.98 Å². The number of aromatic nitrogens is 1. The Morgan fingerprint density at radius 2 is 2.40 bits per heavy atom. The first-order chi connectivity index (χ1) is 7.19. The molecule has 0 saturated carbocycles. The van der Waals surface area contributed by atoms with Crippen molar-refractivity contribution >= 4 is 11.6 Å². The molecule has 1 aromatic heterocycles. The van der Waals surface area contributed by atoms with Gasteiger partial charge >= 0.3 is 0 Å². The molecular weight excluding hydrogens is 214 g/mol. The summed E-state index contributed by atoms with van der Waals surface area (Å²) < 4.78 is 10.9. The van der Waals surface area contributed by atoms with Crippen molar-refractivity contribution in [1.29, 1.82) is 0 Å². The van der Waals surface area contributed by atoms with E-state index in [9.17, 15) is 0 Å². The topological polar surface area (TPSA) is 31.4 Å². The zero-order valence-electron chi connectivity index (χ0n) is 8.92. The van der Waals surface area contributed by atoms with Gasteiger partial charge in [0, 0.05) is 26.3 Å². The summed E-state index contributed by atoms with van der Waals surface area (Å²) in [5.74, 6) is 0. The van der Waals surface area contributed by atoms with E-state index in [1.807, 2.05) is 13.0 Å². The Kier molecular flexibility index (Phi) is 2.96. The molecule has 1 aromatic rings.